The van der Waals surface area contributed by atoms with Gasteiger partial charge < -0.3 is 18.8 Å². The summed E-state index contributed by atoms with van der Waals surface area (Å²) in [4.78, 5) is 20.2. The third-order valence-corrected chi connectivity index (χ3v) is 5.15. The zero-order valence-electron chi connectivity index (χ0n) is 18.0. The van der Waals surface area contributed by atoms with E-state index in [0.717, 1.165) is 12.1 Å². The lowest BCUT2D eigenvalue weighted by molar-refractivity contribution is -0.152. The molecule has 0 saturated heterocycles. The molecule has 0 amide bonds. The number of nitrogens with zero attached hydrogens (tertiary/aromatic N) is 3. The van der Waals surface area contributed by atoms with E-state index in [-0.39, 0.29) is 12.4 Å². The molecule has 2 aromatic carbocycles. The third kappa shape index (κ3) is 4.41. The number of halogens is 3. The number of aromatic nitrogens is 3. The second-order valence-electron chi connectivity index (χ2n) is 8.02. The number of carboxylic acids is 1. The van der Waals surface area contributed by atoms with Gasteiger partial charge in [0, 0.05) is 5.56 Å². The lowest BCUT2D eigenvalue weighted by atomic mass is 10.1. The fraction of sp³-hybridized carbons (Fsp3) is 0.261. The Morgan fingerprint density at radius 2 is 1.85 bits per heavy atom. The maximum atomic E-state index is 12.8. The first-order chi connectivity index (χ1) is 15.5. The molecule has 0 aliphatic carbocycles. The summed E-state index contributed by atoms with van der Waals surface area (Å²) < 4.78 is 51.8. The molecule has 10 heteroatoms. The normalized spacial score (nSPS) is 12.3. The number of carboxylic acid groups (broad SMARTS) is 1. The predicted octanol–water partition coefficient (Wildman–Crippen LogP) is 5.31. The van der Waals surface area contributed by atoms with E-state index in [0.29, 0.717) is 33.8 Å². The van der Waals surface area contributed by atoms with Crippen LogP contribution in [0.25, 0.3) is 22.5 Å². The zero-order valence-corrected chi connectivity index (χ0v) is 18.0. The quantitative estimate of drug-likeness (QED) is 0.420. The molecule has 7 nitrogen and oxygen atoms in total. The topological polar surface area (TPSA) is 90.4 Å². The van der Waals surface area contributed by atoms with Gasteiger partial charge in [0.05, 0.1) is 29.6 Å². The van der Waals surface area contributed by atoms with Crippen molar-refractivity contribution in [3.05, 3.63) is 65.8 Å². The Bertz CT molecular complexity index is 1320. The number of alkyl halides is 3. The van der Waals surface area contributed by atoms with E-state index in [2.05, 4.69) is 9.97 Å². The molecular weight excluding hydrogens is 439 g/mol. The highest BCUT2D eigenvalue weighted by atomic mass is 19.4. The van der Waals surface area contributed by atoms with Crippen LogP contribution < -0.4 is 4.74 Å². The predicted molar refractivity (Wildman–Crippen MR) is 113 cm³/mol. The van der Waals surface area contributed by atoms with E-state index in [9.17, 15) is 23.1 Å². The molecule has 0 bridgehead atoms. The first kappa shape index (κ1) is 22.4. The smallest absolute Gasteiger partial charge is 0.416 e. The van der Waals surface area contributed by atoms with Crippen molar-refractivity contribution in [1.29, 1.82) is 0 Å². The minimum Gasteiger partial charge on any atom is -0.478 e. The van der Waals surface area contributed by atoms with E-state index in [1.54, 1.807) is 36.0 Å². The van der Waals surface area contributed by atoms with Crippen molar-refractivity contribution >= 4 is 17.0 Å². The van der Waals surface area contributed by atoms with Crippen LogP contribution in [0.2, 0.25) is 0 Å². The van der Waals surface area contributed by atoms with Gasteiger partial charge in [0.15, 0.2) is 5.60 Å². The SMILES string of the molecule is Cc1nc(-c2ccc(C(F)(F)F)cc2)oc1Cn1cnc2cccc(OC(C)(C)C(=O)O)c21. The highest BCUT2D eigenvalue weighted by Crippen LogP contribution is 2.32. The molecule has 4 aromatic rings. The van der Waals surface area contributed by atoms with Crippen LogP contribution in [0.1, 0.15) is 30.9 Å². The van der Waals surface area contributed by atoms with Gasteiger partial charge in [-0.2, -0.15) is 13.2 Å². The van der Waals surface area contributed by atoms with Crippen molar-refractivity contribution < 1.29 is 32.2 Å². The average molecular weight is 459 g/mol. The second kappa shape index (κ2) is 7.95. The number of hydrogen-bond donors (Lipinski definition) is 1. The average Bonchev–Trinajstić information content (AvgIpc) is 3.32. The molecule has 33 heavy (non-hydrogen) atoms. The summed E-state index contributed by atoms with van der Waals surface area (Å²) in [6.07, 6.45) is -2.85. The number of rotatable bonds is 6. The molecule has 4 rings (SSSR count). The number of imidazole rings is 1. The Morgan fingerprint density at radius 1 is 1.15 bits per heavy atom. The van der Waals surface area contributed by atoms with E-state index in [4.69, 9.17) is 9.15 Å². The molecule has 2 aromatic heterocycles. The van der Waals surface area contributed by atoms with Crippen molar-refractivity contribution in [3.63, 3.8) is 0 Å². The number of hydrogen-bond acceptors (Lipinski definition) is 5. The van der Waals surface area contributed by atoms with Gasteiger partial charge in [0.1, 0.15) is 17.0 Å². The van der Waals surface area contributed by atoms with Gasteiger partial charge in [-0.25, -0.2) is 14.8 Å². The maximum absolute atomic E-state index is 12.8. The van der Waals surface area contributed by atoms with E-state index in [1.807, 2.05) is 0 Å². The third-order valence-electron chi connectivity index (χ3n) is 5.15. The number of aryl methyl sites for hydroxylation is 1. The van der Waals surface area contributed by atoms with Crippen molar-refractivity contribution in [1.82, 2.24) is 14.5 Å². The Labute approximate surface area is 186 Å². The lowest BCUT2D eigenvalue weighted by Gasteiger charge is -2.22. The van der Waals surface area contributed by atoms with Crippen LogP contribution in [0.3, 0.4) is 0 Å². The fourth-order valence-corrected chi connectivity index (χ4v) is 3.27. The summed E-state index contributed by atoms with van der Waals surface area (Å²) in [6, 6.07) is 9.72. The minimum absolute atomic E-state index is 0.198. The van der Waals surface area contributed by atoms with Gasteiger partial charge in [0.25, 0.3) is 0 Å². The molecule has 1 N–H and O–H groups in total. The van der Waals surface area contributed by atoms with Crippen molar-refractivity contribution in [3.8, 4) is 17.2 Å². The summed E-state index contributed by atoms with van der Waals surface area (Å²) in [5, 5.41) is 9.41. The van der Waals surface area contributed by atoms with Crippen LogP contribution in [0.5, 0.6) is 5.75 Å². The maximum Gasteiger partial charge on any atom is 0.416 e. The molecule has 0 atom stereocenters. The van der Waals surface area contributed by atoms with Crippen molar-refractivity contribution in [2.75, 3.05) is 0 Å². The summed E-state index contributed by atoms with van der Waals surface area (Å²) in [6.45, 7) is 4.85. The van der Waals surface area contributed by atoms with Gasteiger partial charge in [-0.05, 0) is 57.2 Å². The Balaban J connectivity index is 1.66. The summed E-state index contributed by atoms with van der Waals surface area (Å²) >= 11 is 0. The zero-order chi connectivity index (χ0) is 24.0. The molecule has 2 heterocycles. The van der Waals surface area contributed by atoms with Crippen molar-refractivity contribution in [2.24, 2.45) is 0 Å². The molecule has 0 aliphatic heterocycles. The standard InChI is InChI=1S/C23H20F3N3O4/c1-13-18(32-20(28-13)14-7-9-15(10-8-14)23(24,25)26)11-29-12-27-16-5-4-6-17(19(16)29)33-22(2,3)21(30)31/h4-10,12H,11H2,1-3H3,(H,30,31). The first-order valence-corrected chi connectivity index (χ1v) is 9.96. The summed E-state index contributed by atoms with van der Waals surface area (Å²) in [5.74, 6) is -0.0870. The lowest BCUT2D eigenvalue weighted by Crippen LogP contribution is -2.38. The van der Waals surface area contributed by atoms with Crippen LogP contribution in [0.15, 0.2) is 53.2 Å². The van der Waals surface area contributed by atoms with E-state index >= 15 is 0 Å². The molecule has 0 unspecified atom stereocenters. The molecule has 0 saturated carbocycles. The number of ether oxygens (including phenoxy) is 1. The molecule has 0 radical (unpaired) electrons. The molecule has 0 aliphatic rings. The van der Waals surface area contributed by atoms with Gasteiger partial charge in [-0.1, -0.05) is 6.07 Å². The van der Waals surface area contributed by atoms with Gasteiger partial charge in [-0.3, -0.25) is 0 Å². The van der Waals surface area contributed by atoms with E-state index in [1.165, 1.54) is 26.0 Å². The Morgan fingerprint density at radius 3 is 2.48 bits per heavy atom. The molecule has 172 valence electrons. The minimum atomic E-state index is -4.42. The van der Waals surface area contributed by atoms with Gasteiger partial charge in [0.2, 0.25) is 5.89 Å². The number of oxazole rings is 1. The van der Waals surface area contributed by atoms with Crippen LogP contribution in [-0.4, -0.2) is 31.2 Å². The number of benzene rings is 2. The van der Waals surface area contributed by atoms with Gasteiger partial charge in [-0.15, -0.1) is 0 Å². The fourth-order valence-electron chi connectivity index (χ4n) is 3.27. The van der Waals surface area contributed by atoms with Crippen LogP contribution in [0.4, 0.5) is 13.2 Å². The number of aliphatic carboxylic acids is 1. The second-order valence-corrected chi connectivity index (χ2v) is 8.02. The highest BCUT2D eigenvalue weighted by molar-refractivity contribution is 5.83. The summed E-state index contributed by atoms with van der Waals surface area (Å²) in [7, 11) is 0. The molecular formula is C23H20F3N3O4. The number of fused-ring (bicyclic) bond motifs is 1. The summed E-state index contributed by atoms with van der Waals surface area (Å²) in [5.41, 5.74) is -0.0403. The monoisotopic (exact) mass is 459 g/mol. The Kier molecular flexibility index (Phi) is 5.39. The largest absolute Gasteiger partial charge is 0.478 e. The van der Waals surface area contributed by atoms with Gasteiger partial charge >= 0.3 is 12.1 Å². The van der Waals surface area contributed by atoms with Crippen LogP contribution >= 0.6 is 0 Å². The van der Waals surface area contributed by atoms with Crippen LogP contribution in [-0.2, 0) is 17.5 Å². The Hall–Kier alpha value is -3.82. The van der Waals surface area contributed by atoms with Crippen molar-refractivity contribution in [2.45, 2.75) is 39.1 Å². The first-order valence-electron chi connectivity index (χ1n) is 9.96. The van der Waals surface area contributed by atoms with Crippen LogP contribution in [0, 0.1) is 6.92 Å². The number of para-hydroxylation sites is 1. The molecule has 0 spiro atoms. The number of carbonyl (C=O) groups is 1. The van der Waals surface area contributed by atoms with E-state index < -0.39 is 23.3 Å². The highest BCUT2D eigenvalue weighted by Gasteiger charge is 2.31. The molecule has 0 fully saturated rings.